The Bertz CT molecular complexity index is 839. The summed E-state index contributed by atoms with van der Waals surface area (Å²) in [6, 6.07) is 8.80. The second-order valence-electron chi connectivity index (χ2n) is 7.00. The minimum absolute atomic E-state index is 0.0491. The van der Waals surface area contributed by atoms with Crippen molar-refractivity contribution >= 4 is 21.6 Å². The van der Waals surface area contributed by atoms with Gasteiger partial charge in [-0.2, -0.15) is 10.2 Å². The number of para-hydroxylation sites is 1. The molecule has 2 aliphatic rings. The predicted octanol–water partition coefficient (Wildman–Crippen LogP) is 2.78. The summed E-state index contributed by atoms with van der Waals surface area (Å²) in [6.07, 6.45) is 8.57. The summed E-state index contributed by atoms with van der Waals surface area (Å²) in [5.74, 6) is 2.52. The first-order valence-electron chi connectivity index (χ1n) is 9.16. The number of terminal acetylenes is 1. The number of amides is 1. The highest BCUT2D eigenvalue weighted by molar-refractivity contribution is 7.93. The Morgan fingerprint density at radius 2 is 2.04 bits per heavy atom. The molecule has 27 heavy (non-hydrogen) atoms. The maximum atomic E-state index is 12.7. The summed E-state index contributed by atoms with van der Waals surface area (Å²) in [5.41, 5.74) is 0.0476. The Hall–Kier alpha value is -2.40. The van der Waals surface area contributed by atoms with Gasteiger partial charge in [0, 0.05) is 44.5 Å². The Labute approximate surface area is 160 Å². The molecule has 1 aromatic carbocycles. The molecule has 2 heterocycles. The summed E-state index contributed by atoms with van der Waals surface area (Å²) in [5, 5.41) is 7.47. The first-order valence-corrected chi connectivity index (χ1v) is 10.7. The number of nitrogens with one attached hydrogen (secondary N) is 1. The molecule has 1 unspecified atom stereocenters. The van der Waals surface area contributed by atoms with Gasteiger partial charge in [-0.15, -0.1) is 12.3 Å². The highest BCUT2D eigenvalue weighted by Crippen LogP contribution is 2.37. The first kappa shape index (κ1) is 19.4. The third-order valence-electron chi connectivity index (χ3n) is 5.00. The molecular weight excluding hydrogens is 364 g/mol. The van der Waals surface area contributed by atoms with E-state index in [2.05, 4.69) is 20.9 Å². The van der Waals surface area contributed by atoms with Gasteiger partial charge in [0.1, 0.15) is 0 Å². The number of nitrogens with zero attached hydrogens (tertiary/aromatic N) is 3. The van der Waals surface area contributed by atoms with Crippen LogP contribution in [0.4, 0.5) is 5.69 Å². The third kappa shape index (κ3) is 5.07. The van der Waals surface area contributed by atoms with Crippen molar-refractivity contribution in [3.8, 4) is 12.3 Å². The topological polar surface area (TPSA) is 91.2 Å². The van der Waals surface area contributed by atoms with Crippen LogP contribution in [0.5, 0.6) is 0 Å². The number of rotatable bonds is 8. The molecule has 1 N–H and O–H groups in total. The molecule has 0 saturated carbocycles. The lowest BCUT2D eigenvalue weighted by molar-refractivity contribution is -0.132. The van der Waals surface area contributed by atoms with E-state index in [0.29, 0.717) is 50.8 Å². The van der Waals surface area contributed by atoms with Gasteiger partial charge in [-0.1, -0.05) is 18.2 Å². The van der Waals surface area contributed by atoms with E-state index in [1.54, 1.807) is 29.2 Å². The van der Waals surface area contributed by atoms with Gasteiger partial charge in [-0.25, -0.2) is 8.42 Å². The molecule has 1 atom stereocenters. The molecule has 1 fully saturated rings. The number of hydrogen-bond donors (Lipinski definition) is 1. The zero-order valence-corrected chi connectivity index (χ0v) is 16.0. The van der Waals surface area contributed by atoms with Crippen LogP contribution in [-0.2, 0) is 14.8 Å². The van der Waals surface area contributed by atoms with Crippen molar-refractivity contribution in [2.45, 2.75) is 49.4 Å². The number of carbonyl (C=O) groups is 1. The van der Waals surface area contributed by atoms with Crippen LogP contribution in [0.2, 0.25) is 0 Å². The first-order chi connectivity index (χ1) is 12.9. The van der Waals surface area contributed by atoms with Gasteiger partial charge < -0.3 is 4.90 Å². The highest BCUT2D eigenvalue weighted by atomic mass is 32.2. The van der Waals surface area contributed by atoms with Crippen LogP contribution in [0.15, 0.2) is 40.6 Å². The van der Waals surface area contributed by atoms with Crippen LogP contribution >= 0.6 is 0 Å². The van der Waals surface area contributed by atoms with Gasteiger partial charge in [-0.3, -0.25) is 9.52 Å². The van der Waals surface area contributed by atoms with Crippen molar-refractivity contribution in [3.63, 3.8) is 0 Å². The monoisotopic (exact) mass is 388 g/mol. The van der Waals surface area contributed by atoms with E-state index >= 15 is 0 Å². The van der Waals surface area contributed by atoms with Gasteiger partial charge in [0.05, 0.1) is 5.25 Å². The van der Waals surface area contributed by atoms with Crippen LogP contribution in [0, 0.1) is 12.3 Å². The van der Waals surface area contributed by atoms with Crippen molar-refractivity contribution in [2.24, 2.45) is 10.2 Å². The lowest BCUT2D eigenvalue weighted by atomic mass is 10.0. The standard InChI is InChI=1S/C19H24N4O3S/c1-2-3-12-19(21-22-19)13-11-18(24)23-14-7-10-17(15-23)27(25,26)20-16-8-5-4-6-9-16/h1,4-6,8-9,17,20H,3,7,10-15H2. The van der Waals surface area contributed by atoms with Gasteiger partial charge in [0.15, 0.2) is 5.66 Å². The molecule has 0 aliphatic carbocycles. The van der Waals surface area contributed by atoms with Crippen LogP contribution in [0.3, 0.4) is 0 Å². The Morgan fingerprint density at radius 3 is 2.70 bits per heavy atom. The van der Waals surface area contributed by atoms with Crippen molar-refractivity contribution in [3.05, 3.63) is 30.3 Å². The second kappa shape index (κ2) is 8.09. The fourth-order valence-corrected chi connectivity index (χ4v) is 4.79. The van der Waals surface area contributed by atoms with Crippen molar-refractivity contribution in [2.75, 3.05) is 17.8 Å². The van der Waals surface area contributed by atoms with E-state index < -0.39 is 20.9 Å². The smallest absolute Gasteiger partial charge is 0.237 e. The molecule has 0 spiro atoms. The number of likely N-dealkylation sites (tertiary alicyclic amines) is 1. The molecule has 2 aliphatic heterocycles. The van der Waals surface area contributed by atoms with E-state index in [9.17, 15) is 13.2 Å². The number of anilines is 1. The summed E-state index contributed by atoms with van der Waals surface area (Å²) < 4.78 is 28.0. The van der Waals surface area contributed by atoms with Crippen LogP contribution in [0.1, 0.15) is 38.5 Å². The Balaban J connectivity index is 1.54. The minimum atomic E-state index is -3.55. The highest BCUT2D eigenvalue weighted by Gasteiger charge is 2.40. The summed E-state index contributed by atoms with van der Waals surface area (Å²) in [7, 11) is -3.55. The molecule has 1 amide bonds. The third-order valence-corrected chi connectivity index (χ3v) is 6.78. The Kier molecular flexibility index (Phi) is 5.80. The van der Waals surface area contributed by atoms with E-state index in [-0.39, 0.29) is 12.5 Å². The molecule has 1 saturated heterocycles. The fourth-order valence-electron chi connectivity index (χ4n) is 3.31. The fraction of sp³-hybridized carbons (Fsp3) is 0.526. The molecule has 0 aromatic heterocycles. The maximum absolute atomic E-state index is 12.7. The maximum Gasteiger partial charge on any atom is 0.237 e. The Morgan fingerprint density at radius 1 is 1.30 bits per heavy atom. The molecule has 144 valence electrons. The lowest BCUT2D eigenvalue weighted by Gasteiger charge is -2.32. The van der Waals surface area contributed by atoms with E-state index in [4.69, 9.17) is 6.42 Å². The van der Waals surface area contributed by atoms with E-state index in [1.807, 2.05) is 6.07 Å². The van der Waals surface area contributed by atoms with Gasteiger partial charge in [0.25, 0.3) is 0 Å². The van der Waals surface area contributed by atoms with E-state index in [1.165, 1.54) is 0 Å². The SMILES string of the molecule is C#CCCC1(CCC(=O)N2CCCC(S(=O)(=O)Nc3ccccc3)C2)N=N1. The zero-order valence-electron chi connectivity index (χ0n) is 15.2. The quantitative estimate of drug-likeness (QED) is 0.694. The number of piperidine rings is 1. The second-order valence-corrected chi connectivity index (χ2v) is 8.96. The largest absolute Gasteiger partial charge is 0.341 e. The van der Waals surface area contributed by atoms with Crippen LogP contribution in [0.25, 0.3) is 0 Å². The van der Waals surface area contributed by atoms with Gasteiger partial charge in [-0.05, 0) is 25.0 Å². The average molecular weight is 388 g/mol. The molecule has 0 radical (unpaired) electrons. The lowest BCUT2D eigenvalue weighted by Crippen LogP contribution is -2.46. The molecule has 1 aromatic rings. The molecule has 8 heteroatoms. The summed E-state index contributed by atoms with van der Waals surface area (Å²) in [4.78, 5) is 14.2. The van der Waals surface area contributed by atoms with Crippen molar-refractivity contribution in [1.29, 1.82) is 0 Å². The summed E-state index contributed by atoms with van der Waals surface area (Å²) >= 11 is 0. The predicted molar refractivity (Wildman–Crippen MR) is 103 cm³/mol. The number of sulfonamides is 1. The van der Waals surface area contributed by atoms with Gasteiger partial charge >= 0.3 is 0 Å². The molecule has 3 rings (SSSR count). The number of hydrogen-bond acceptors (Lipinski definition) is 5. The van der Waals surface area contributed by atoms with Crippen LogP contribution in [-0.4, -0.2) is 43.2 Å². The van der Waals surface area contributed by atoms with Crippen molar-refractivity contribution in [1.82, 2.24) is 4.90 Å². The summed E-state index contributed by atoms with van der Waals surface area (Å²) in [6.45, 7) is 0.800. The normalized spacial score (nSPS) is 20.7. The van der Waals surface area contributed by atoms with Crippen molar-refractivity contribution < 1.29 is 13.2 Å². The average Bonchev–Trinajstić information content (AvgIpc) is 3.45. The van der Waals surface area contributed by atoms with E-state index in [0.717, 1.165) is 0 Å². The number of benzene rings is 1. The molecule has 7 nitrogen and oxygen atoms in total. The zero-order chi connectivity index (χ0) is 19.3. The van der Waals surface area contributed by atoms with Crippen LogP contribution < -0.4 is 4.72 Å². The van der Waals surface area contributed by atoms with Gasteiger partial charge in [0.2, 0.25) is 15.9 Å². The number of carbonyl (C=O) groups excluding carboxylic acids is 1. The minimum Gasteiger partial charge on any atom is -0.341 e. The molecular formula is C19H24N4O3S. The molecule has 0 bridgehead atoms.